The zero-order valence-corrected chi connectivity index (χ0v) is 13.4. The Morgan fingerprint density at radius 3 is 3.00 bits per heavy atom. The first kappa shape index (κ1) is 15.3. The van der Waals surface area contributed by atoms with Crippen LogP contribution in [0.5, 0.6) is 0 Å². The molecule has 3 rings (SSSR count). The summed E-state index contributed by atoms with van der Waals surface area (Å²) in [6.07, 6.45) is 4.33. The van der Waals surface area contributed by atoms with Gasteiger partial charge in [0.05, 0.1) is 0 Å². The minimum Gasteiger partial charge on any atom is -0.367 e. The van der Waals surface area contributed by atoms with Gasteiger partial charge in [0.2, 0.25) is 5.91 Å². The van der Waals surface area contributed by atoms with Crippen molar-refractivity contribution in [3.05, 3.63) is 29.8 Å². The highest BCUT2D eigenvalue weighted by Crippen LogP contribution is 2.32. The molecule has 1 aliphatic heterocycles. The van der Waals surface area contributed by atoms with Crippen LogP contribution in [0.2, 0.25) is 0 Å². The van der Waals surface area contributed by atoms with Crippen LogP contribution in [0.25, 0.3) is 0 Å². The molecule has 4 heteroatoms. The molecule has 0 spiro atoms. The lowest BCUT2D eigenvalue weighted by Crippen LogP contribution is -2.41. The number of carbonyl (C=O) groups is 1. The summed E-state index contributed by atoms with van der Waals surface area (Å²) in [7, 11) is 0. The number of rotatable bonds is 5. The summed E-state index contributed by atoms with van der Waals surface area (Å²) in [5, 5.41) is 3.13. The second-order valence-electron chi connectivity index (χ2n) is 6.70. The molecule has 2 aliphatic rings. The molecule has 0 aromatic heterocycles. The van der Waals surface area contributed by atoms with E-state index in [4.69, 9.17) is 5.73 Å². The van der Waals surface area contributed by atoms with Crippen LogP contribution in [-0.4, -0.2) is 31.6 Å². The van der Waals surface area contributed by atoms with E-state index in [2.05, 4.69) is 41.4 Å². The number of amides is 1. The second-order valence-corrected chi connectivity index (χ2v) is 6.70. The Hall–Kier alpha value is -1.55. The lowest BCUT2D eigenvalue weighted by Gasteiger charge is -2.25. The van der Waals surface area contributed by atoms with Crippen LogP contribution in [0.3, 0.4) is 0 Å². The summed E-state index contributed by atoms with van der Waals surface area (Å²) in [4.78, 5) is 14.7. The molecule has 1 amide bonds. The zero-order valence-electron chi connectivity index (χ0n) is 13.4. The molecule has 1 unspecified atom stereocenters. The number of nitrogens with zero attached hydrogens (tertiary/aromatic N) is 1. The van der Waals surface area contributed by atoms with Gasteiger partial charge in [-0.1, -0.05) is 24.6 Å². The summed E-state index contributed by atoms with van der Waals surface area (Å²) in [5.41, 5.74) is 8.51. The molecule has 0 radical (unpaired) electrons. The van der Waals surface area contributed by atoms with Crippen molar-refractivity contribution in [1.29, 1.82) is 0 Å². The molecule has 1 aromatic rings. The first-order valence-corrected chi connectivity index (χ1v) is 8.53. The van der Waals surface area contributed by atoms with Gasteiger partial charge in [0.1, 0.15) is 0 Å². The van der Waals surface area contributed by atoms with Crippen molar-refractivity contribution in [1.82, 2.24) is 5.32 Å². The molecule has 1 aromatic carbocycles. The van der Waals surface area contributed by atoms with Crippen molar-refractivity contribution < 1.29 is 4.79 Å². The highest BCUT2D eigenvalue weighted by Gasteiger charge is 2.32. The smallest absolute Gasteiger partial charge is 0.223 e. The van der Waals surface area contributed by atoms with E-state index < -0.39 is 0 Å². The molecule has 4 nitrogen and oxygen atoms in total. The number of carbonyl (C=O) groups excluding carboxylic acids is 1. The van der Waals surface area contributed by atoms with Crippen molar-refractivity contribution in [2.75, 3.05) is 24.5 Å². The van der Waals surface area contributed by atoms with Gasteiger partial charge in [-0.25, -0.2) is 0 Å². The van der Waals surface area contributed by atoms with E-state index in [0.29, 0.717) is 25.0 Å². The van der Waals surface area contributed by atoms with Crippen LogP contribution in [0.4, 0.5) is 5.69 Å². The molecule has 1 aliphatic carbocycles. The number of hydrogen-bond acceptors (Lipinski definition) is 3. The van der Waals surface area contributed by atoms with Crippen LogP contribution in [0.15, 0.2) is 24.3 Å². The minimum atomic E-state index is 0.133. The average molecular weight is 301 g/mol. The second kappa shape index (κ2) is 6.69. The molecular formula is C18H27N3O. The maximum atomic E-state index is 12.3. The van der Waals surface area contributed by atoms with Gasteiger partial charge < -0.3 is 16.0 Å². The molecule has 1 heterocycles. The van der Waals surface area contributed by atoms with Crippen molar-refractivity contribution in [2.45, 2.75) is 38.6 Å². The molecule has 1 fully saturated rings. The van der Waals surface area contributed by atoms with E-state index in [1.165, 1.54) is 11.3 Å². The third kappa shape index (κ3) is 2.98. The molecule has 0 bridgehead atoms. The summed E-state index contributed by atoms with van der Waals surface area (Å²) in [5.74, 6) is 0.716. The summed E-state index contributed by atoms with van der Waals surface area (Å²) < 4.78 is 0. The number of para-hydroxylation sites is 1. The molecule has 0 saturated heterocycles. The number of nitrogens with one attached hydrogen (secondary N) is 1. The fourth-order valence-electron chi connectivity index (χ4n) is 4.07. The maximum absolute atomic E-state index is 12.3. The van der Waals surface area contributed by atoms with E-state index in [1.54, 1.807) is 0 Å². The van der Waals surface area contributed by atoms with Gasteiger partial charge in [0, 0.05) is 30.7 Å². The molecule has 1 saturated carbocycles. The van der Waals surface area contributed by atoms with E-state index in [-0.39, 0.29) is 11.8 Å². The van der Waals surface area contributed by atoms with Gasteiger partial charge in [0.25, 0.3) is 0 Å². The first-order chi connectivity index (χ1) is 10.7. The average Bonchev–Trinajstić information content (AvgIpc) is 3.11. The topological polar surface area (TPSA) is 58.4 Å². The minimum absolute atomic E-state index is 0.133. The first-order valence-electron chi connectivity index (χ1n) is 8.53. The van der Waals surface area contributed by atoms with Crippen LogP contribution in [0.1, 0.15) is 31.7 Å². The van der Waals surface area contributed by atoms with Gasteiger partial charge in [0.15, 0.2) is 0 Å². The Morgan fingerprint density at radius 1 is 1.36 bits per heavy atom. The van der Waals surface area contributed by atoms with Gasteiger partial charge in [-0.05, 0) is 50.3 Å². The van der Waals surface area contributed by atoms with Crippen molar-refractivity contribution in [3.63, 3.8) is 0 Å². The third-order valence-corrected chi connectivity index (χ3v) is 5.30. The van der Waals surface area contributed by atoms with Crippen LogP contribution < -0.4 is 16.0 Å². The van der Waals surface area contributed by atoms with Gasteiger partial charge in [-0.3, -0.25) is 4.79 Å². The highest BCUT2D eigenvalue weighted by molar-refractivity contribution is 5.79. The van der Waals surface area contributed by atoms with Crippen molar-refractivity contribution in [2.24, 2.45) is 17.6 Å². The van der Waals surface area contributed by atoms with Crippen LogP contribution in [-0.2, 0) is 11.2 Å². The third-order valence-electron chi connectivity index (χ3n) is 5.30. The summed E-state index contributed by atoms with van der Waals surface area (Å²) in [6.45, 7) is 4.48. The van der Waals surface area contributed by atoms with Gasteiger partial charge in [-0.15, -0.1) is 0 Å². The Bertz CT molecular complexity index is 531. The molecule has 3 N–H and O–H groups in total. The van der Waals surface area contributed by atoms with Crippen molar-refractivity contribution >= 4 is 11.6 Å². The number of anilines is 1. The predicted octanol–water partition coefficient (Wildman–Crippen LogP) is 1.93. The van der Waals surface area contributed by atoms with Gasteiger partial charge in [-0.2, -0.15) is 0 Å². The largest absolute Gasteiger partial charge is 0.367 e. The number of benzene rings is 1. The van der Waals surface area contributed by atoms with Gasteiger partial charge >= 0.3 is 0 Å². The fourth-order valence-corrected chi connectivity index (χ4v) is 4.07. The standard InChI is InChI=1S/C18H27N3O/c1-13-11-14-5-2-3-8-17(14)21(13)10-9-20-18(22)16-7-4-6-15(16)12-19/h2-3,5,8,13,15-16H,4,6-7,9-12,19H2,1H3,(H,20,22)/t13?,15-,16-/m1/s1. The fraction of sp³-hybridized carbons (Fsp3) is 0.611. The quantitative estimate of drug-likeness (QED) is 0.873. The van der Waals surface area contributed by atoms with E-state index in [0.717, 1.165) is 32.2 Å². The van der Waals surface area contributed by atoms with Crippen molar-refractivity contribution in [3.8, 4) is 0 Å². The number of nitrogens with two attached hydrogens (primary N) is 1. The Labute approximate surface area is 133 Å². The highest BCUT2D eigenvalue weighted by atomic mass is 16.1. The summed E-state index contributed by atoms with van der Waals surface area (Å²) in [6, 6.07) is 9.09. The SMILES string of the molecule is CC1Cc2ccccc2N1CCNC(=O)[C@@H]1CCC[C@@H]1CN. The normalized spacial score (nSPS) is 27.0. The Kier molecular flexibility index (Phi) is 4.67. The molecular weight excluding hydrogens is 274 g/mol. The van der Waals surface area contributed by atoms with E-state index in [9.17, 15) is 4.79 Å². The lowest BCUT2D eigenvalue weighted by molar-refractivity contribution is -0.125. The molecule has 22 heavy (non-hydrogen) atoms. The Balaban J connectivity index is 1.52. The number of fused-ring (bicyclic) bond motifs is 1. The van der Waals surface area contributed by atoms with Crippen LogP contribution in [0, 0.1) is 11.8 Å². The monoisotopic (exact) mass is 301 g/mol. The Morgan fingerprint density at radius 2 is 2.18 bits per heavy atom. The van der Waals surface area contributed by atoms with Crippen LogP contribution >= 0.6 is 0 Å². The summed E-state index contributed by atoms with van der Waals surface area (Å²) >= 11 is 0. The lowest BCUT2D eigenvalue weighted by atomic mass is 9.95. The van der Waals surface area contributed by atoms with E-state index >= 15 is 0 Å². The zero-order chi connectivity index (χ0) is 15.5. The maximum Gasteiger partial charge on any atom is 0.223 e. The molecule has 120 valence electrons. The molecule has 3 atom stereocenters. The predicted molar refractivity (Wildman–Crippen MR) is 89.8 cm³/mol. The van der Waals surface area contributed by atoms with E-state index in [1.807, 2.05) is 0 Å². The number of hydrogen-bond donors (Lipinski definition) is 2.